The molecule has 0 spiro atoms. The van der Waals surface area contributed by atoms with Gasteiger partial charge in [0.2, 0.25) is 0 Å². The second kappa shape index (κ2) is 7.74. The lowest BCUT2D eigenvalue weighted by atomic mass is 9.98. The zero-order valence-electron chi connectivity index (χ0n) is 14.0. The molecule has 0 unspecified atom stereocenters. The molecule has 138 valence electrons. The minimum absolute atomic E-state index is 0.194. The predicted octanol–water partition coefficient (Wildman–Crippen LogP) is 2.95. The monoisotopic (exact) mass is 364 g/mol. The summed E-state index contributed by atoms with van der Waals surface area (Å²) in [7, 11) is 0. The Bertz CT molecular complexity index is 767. The van der Waals surface area contributed by atoms with Gasteiger partial charge in [0.05, 0.1) is 18.1 Å². The molecule has 1 aromatic carbocycles. The molecule has 1 aromatic heterocycles. The van der Waals surface area contributed by atoms with Crippen LogP contribution in [0.2, 0.25) is 0 Å². The van der Waals surface area contributed by atoms with Crippen LogP contribution >= 0.6 is 0 Å². The van der Waals surface area contributed by atoms with Crippen LogP contribution in [0.5, 0.6) is 0 Å². The molecule has 2 N–H and O–H groups in total. The van der Waals surface area contributed by atoms with Gasteiger partial charge in [-0.3, -0.25) is 9.69 Å². The highest BCUT2D eigenvalue weighted by atomic mass is 19.4. The standard InChI is InChI=1S/C18H19F3N4O/c19-18(20,21)15-3-1-13(2-4-15)14-5-8-25(9-6-14)10-7-23-17(26)16-11-22-12-24-16/h1-5,11-12H,6-10H2,(H,22,24)(H,23,26). The van der Waals surface area contributed by atoms with Crippen molar-refractivity contribution < 1.29 is 18.0 Å². The van der Waals surface area contributed by atoms with E-state index >= 15 is 0 Å². The molecule has 0 saturated carbocycles. The molecule has 2 heterocycles. The van der Waals surface area contributed by atoms with E-state index in [0.717, 1.165) is 36.2 Å². The molecule has 1 aliphatic rings. The second-order valence-corrected chi connectivity index (χ2v) is 6.08. The summed E-state index contributed by atoms with van der Waals surface area (Å²) in [6, 6.07) is 5.28. The smallest absolute Gasteiger partial charge is 0.349 e. The number of alkyl halides is 3. The first-order valence-electron chi connectivity index (χ1n) is 8.29. The van der Waals surface area contributed by atoms with Crippen LogP contribution in [0.3, 0.4) is 0 Å². The van der Waals surface area contributed by atoms with Crippen molar-refractivity contribution in [2.45, 2.75) is 12.6 Å². The number of carbonyl (C=O) groups is 1. The summed E-state index contributed by atoms with van der Waals surface area (Å²) in [6.45, 7) is 2.72. The third-order valence-electron chi connectivity index (χ3n) is 4.33. The van der Waals surface area contributed by atoms with E-state index in [0.29, 0.717) is 25.3 Å². The largest absolute Gasteiger partial charge is 0.416 e. The average Bonchev–Trinajstić information content (AvgIpc) is 3.16. The van der Waals surface area contributed by atoms with E-state index in [9.17, 15) is 18.0 Å². The molecule has 26 heavy (non-hydrogen) atoms. The average molecular weight is 364 g/mol. The van der Waals surface area contributed by atoms with E-state index in [2.05, 4.69) is 20.2 Å². The maximum Gasteiger partial charge on any atom is 0.416 e. The number of benzene rings is 1. The highest BCUT2D eigenvalue weighted by Crippen LogP contribution is 2.31. The molecule has 2 aromatic rings. The zero-order valence-corrected chi connectivity index (χ0v) is 14.0. The fraction of sp³-hybridized carbons (Fsp3) is 0.333. The van der Waals surface area contributed by atoms with Crippen LogP contribution in [0.25, 0.3) is 5.57 Å². The second-order valence-electron chi connectivity index (χ2n) is 6.08. The van der Waals surface area contributed by atoms with Crippen LogP contribution in [-0.2, 0) is 6.18 Å². The Morgan fingerprint density at radius 1 is 1.27 bits per heavy atom. The molecule has 1 aliphatic heterocycles. The first-order chi connectivity index (χ1) is 12.4. The van der Waals surface area contributed by atoms with Crippen molar-refractivity contribution in [3.05, 3.63) is 59.7 Å². The number of aromatic nitrogens is 2. The Kier molecular flexibility index (Phi) is 5.41. The molecule has 0 bridgehead atoms. The van der Waals surface area contributed by atoms with Gasteiger partial charge in [-0.2, -0.15) is 13.2 Å². The van der Waals surface area contributed by atoms with Crippen molar-refractivity contribution in [2.24, 2.45) is 0 Å². The van der Waals surface area contributed by atoms with Gasteiger partial charge in [0.25, 0.3) is 5.91 Å². The van der Waals surface area contributed by atoms with Crippen LogP contribution < -0.4 is 5.32 Å². The van der Waals surface area contributed by atoms with Crippen molar-refractivity contribution in [3.8, 4) is 0 Å². The Morgan fingerprint density at radius 2 is 2.04 bits per heavy atom. The normalized spacial score (nSPS) is 15.6. The first-order valence-corrected chi connectivity index (χ1v) is 8.29. The summed E-state index contributed by atoms with van der Waals surface area (Å²) in [4.78, 5) is 20.5. The van der Waals surface area contributed by atoms with Crippen LogP contribution in [0, 0.1) is 0 Å². The number of imidazole rings is 1. The van der Waals surface area contributed by atoms with E-state index in [1.807, 2.05) is 6.08 Å². The molecule has 0 atom stereocenters. The maximum absolute atomic E-state index is 12.6. The molecule has 0 radical (unpaired) electrons. The number of hydrogen-bond acceptors (Lipinski definition) is 3. The molecule has 8 heteroatoms. The number of hydrogen-bond donors (Lipinski definition) is 2. The quantitative estimate of drug-likeness (QED) is 0.858. The molecular weight excluding hydrogens is 345 g/mol. The summed E-state index contributed by atoms with van der Waals surface area (Å²) >= 11 is 0. The number of aromatic amines is 1. The van der Waals surface area contributed by atoms with Crippen LogP contribution in [0.15, 0.2) is 42.9 Å². The first kappa shape index (κ1) is 18.2. The Balaban J connectivity index is 1.48. The third-order valence-corrected chi connectivity index (χ3v) is 4.33. The minimum Gasteiger partial charge on any atom is -0.349 e. The minimum atomic E-state index is -4.31. The molecule has 3 rings (SSSR count). The number of nitrogens with one attached hydrogen (secondary N) is 2. The number of rotatable bonds is 5. The molecular formula is C18H19F3N4O. The third kappa shape index (κ3) is 4.51. The lowest BCUT2D eigenvalue weighted by molar-refractivity contribution is -0.137. The van der Waals surface area contributed by atoms with Gasteiger partial charge < -0.3 is 10.3 Å². The van der Waals surface area contributed by atoms with Gasteiger partial charge in [-0.05, 0) is 29.7 Å². The number of carbonyl (C=O) groups excluding carboxylic acids is 1. The van der Waals surface area contributed by atoms with E-state index in [1.165, 1.54) is 24.7 Å². The molecule has 1 amide bonds. The fourth-order valence-electron chi connectivity index (χ4n) is 2.85. The Hall–Kier alpha value is -2.61. The number of nitrogens with zero attached hydrogens (tertiary/aromatic N) is 2. The van der Waals surface area contributed by atoms with Crippen LogP contribution in [-0.4, -0.2) is 47.0 Å². The van der Waals surface area contributed by atoms with E-state index in [1.54, 1.807) is 0 Å². The molecule has 0 fully saturated rings. The molecule has 5 nitrogen and oxygen atoms in total. The number of H-pyrrole nitrogens is 1. The van der Waals surface area contributed by atoms with Gasteiger partial charge in [-0.1, -0.05) is 18.2 Å². The highest BCUT2D eigenvalue weighted by Gasteiger charge is 2.30. The molecule has 0 aliphatic carbocycles. The van der Waals surface area contributed by atoms with Gasteiger partial charge in [0, 0.05) is 26.2 Å². The van der Waals surface area contributed by atoms with Gasteiger partial charge in [0.1, 0.15) is 5.69 Å². The number of halogens is 3. The van der Waals surface area contributed by atoms with E-state index < -0.39 is 11.7 Å². The van der Waals surface area contributed by atoms with E-state index in [-0.39, 0.29) is 5.91 Å². The van der Waals surface area contributed by atoms with E-state index in [4.69, 9.17) is 0 Å². The Labute approximate surface area is 148 Å². The van der Waals surface area contributed by atoms with Gasteiger partial charge in [0.15, 0.2) is 0 Å². The van der Waals surface area contributed by atoms with Crippen molar-refractivity contribution >= 4 is 11.5 Å². The zero-order chi connectivity index (χ0) is 18.6. The topological polar surface area (TPSA) is 61.0 Å². The predicted molar refractivity (Wildman–Crippen MR) is 91.4 cm³/mol. The van der Waals surface area contributed by atoms with Crippen LogP contribution in [0.4, 0.5) is 13.2 Å². The lowest BCUT2D eigenvalue weighted by Gasteiger charge is -2.26. The van der Waals surface area contributed by atoms with Crippen molar-refractivity contribution in [1.29, 1.82) is 0 Å². The fourth-order valence-corrected chi connectivity index (χ4v) is 2.85. The van der Waals surface area contributed by atoms with Crippen molar-refractivity contribution in [1.82, 2.24) is 20.2 Å². The van der Waals surface area contributed by atoms with Crippen LogP contribution in [0.1, 0.15) is 28.0 Å². The van der Waals surface area contributed by atoms with Crippen molar-refractivity contribution in [2.75, 3.05) is 26.2 Å². The van der Waals surface area contributed by atoms with Crippen molar-refractivity contribution in [3.63, 3.8) is 0 Å². The summed E-state index contributed by atoms with van der Waals surface area (Å²) in [5.74, 6) is -0.194. The van der Waals surface area contributed by atoms with Gasteiger partial charge >= 0.3 is 6.18 Å². The SMILES string of the molecule is O=C(NCCN1CC=C(c2ccc(C(F)(F)F)cc2)CC1)c1cnc[nH]1. The number of amides is 1. The van der Waals surface area contributed by atoms with Gasteiger partial charge in [-0.25, -0.2) is 4.98 Å². The summed E-state index contributed by atoms with van der Waals surface area (Å²) in [5.41, 5.74) is 1.67. The summed E-state index contributed by atoms with van der Waals surface area (Å²) in [5, 5.41) is 2.82. The molecule has 0 saturated heterocycles. The van der Waals surface area contributed by atoms with Gasteiger partial charge in [-0.15, -0.1) is 0 Å². The summed E-state index contributed by atoms with van der Waals surface area (Å²) in [6.07, 6.45) is 1.40. The lowest BCUT2D eigenvalue weighted by Crippen LogP contribution is -2.37. The summed E-state index contributed by atoms with van der Waals surface area (Å²) < 4.78 is 37.9. The Morgan fingerprint density at radius 3 is 2.62 bits per heavy atom. The highest BCUT2D eigenvalue weighted by molar-refractivity contribution is 5.91. The maximum atomic E-state index is 12.6.